The number of halogens is 2. The molecule has 0 spiro atoms. The Morgan fingerprint density at radius 3 is 2.58 bits per heavy atom. The first-order chi connectivity index (χ1) is 9.08. The van der Waals surface area contributed by atoms with Gasteiger partial charge in [-0.25, -0.2) is 0 Å². The molecule has 0 fully saturated rings. The van der Waals surface area contributed by atoms with Gasteiger partial charge in [-0.1, -0.05) is 23.7 Å². The molecular formula is C14H17BrClN3. The van der Waals surface area contributed by atoms with Crippen molar-refractivity contribution in [2.24, 2.45) is 7.05 Å². The summed E-state index contributed by atoms with van der Waals surface area (Å²) in [5.74, 6) is 0. The number of aryl methyl sites for hydroxylation is 2. The van der Waals surface area contributed by atoms with Gasteiger partial charge in [0.15, 0.2) is 0 Å². The zero-order valence-corrected chi connectivity index (χ0v) is 13.4. The largest absolute Gasteiger partial charge is 0.311 e. The average molecular weight is 343 g/mol. The molecule has 0 bridgehead atoms. The lowest BCUT2D eigenvalue weighted by molar-refractivity contribution is 0.623. The molecule has 2 rings (SSSR count). The van der Waals surface area contributed by atoms with Crippen molar-refractivity contribution in [3.05, 3.63) is 50.7 Å². The molecule has 0 aliphatic carbocycles. The maximum atomic E-state index is 5.86. The van der Waals surface area contributed by atoms with Crippen molar-refractivity contribution >= 4 is 27.5 Å². The van der Waals surface area contributed by atoms with Gasteiger partial charge in [-0.2, -0.15) is 5.10 Å². The lowest BCUT2D eigenvalue weighted by atomic mass is 10.1. The van der Waals surface area contributed by atoms with Crippen LogP contribution in [0.3, 0.4) is 0 Å². The Bertz CT molecular complexity index is 549. The first kappa shape index (κ1) is 14.6. The average Bonchev–Trinajstić information content (AvgIpc) is 2.62. The van der Waals surface area contributed by atoms with E-state index in [1.807, 2.05) is 30.8 Å². The first-order valence-electron chi connectivity index (χ1n) is 6.21. The summed E-state index contributed by atoms with van der Waals surface area (Å²) in [7, 11) is 1.97. The molecule has 19 heavy (non-hydrogen) atoms. The first-order valence-corrected chi connectivity index (χ1v) is 7.38. The third-order valence-corrected chi connectivity index (χ3v) is 4.34. The number of hydrogen-bond donors (Lipinski definition) is 1. The number of benzene rings is 1. The van der Waals surface area contributed by atoms with E-state index in [9.17, 15) is 0 Å². The van der Waals surface area contributed by atoms with Gasteiger partial charge < -0.3 is 5.32 Å². The van der Waals surface area contributed by atoms with E-state index < -0.39 is 0 Å². The Hall–Kier alpha value is -0.840. The predicted molar refractivity (Wildman–Crippen MR) is 82.5 cm³/mol. The van der Waals surface area contributed by atoms with Crippen molar-refractivity contribution in [2.45, 2.75) is 19.9 Å². The highest BCUT2D eigenvalue weighted by atomic mass is 79.9. The van der Waals surface area contributed by atoms with E-state index in [2.05, 4.69) is 38.5 Å². The van der Waals surface area contributed by atoms with Gasteiger partial charge in [-0.15, -0.1) is 0 Å². The van der Waals surface area contributed by atoms with Gasteiger partial charge in [0, 0.05) is 18.6 Å². The zero-order chi connectivity index (χ0) is 13.8. The predicted octanol–water partition coefficient (Wildman–Crippen LogP) is 3.48. The molecule has 0 unspecified atom stereocenters. The summed E-state index contributed by atoms with van der Waals surface area (Å²) in [5, 5.41) is 8.59. The lowest BCUT2D eigenvalue weighted by Gasteiger charge is -2.06. The van der Waals surface area contributed by atoms with Crippen LogP contribution in [0.4, 0.5) is 0 Å². The maximum Gasteiger partial charge on any atom is 0.0739 e. The highest BCUT2D eigenvalue weighted by Gasteiger charge is 2.09. The van der Waals surface area contributed by atoms with E-state index in [4.69, 9.17) is 11.6 Å². The molecular weight excluding hydrogens is 326 g/mol. The number of nitrogens with one attached hydrogen (secondary N) is 1. The quantitative estimate of drug-likeness (QED) is 0.843. The van der Waals surface area contributed by atoms with Gasteiger partial charge >= 0.3 is 0 Å². The molecule has 5 heteroatoms. The molecule has 1 N–H and O–H groups in total. The minimum absolute atomic E-state index is 0.783. The summed E-state index contributed by atoms with van der Waals surface area (Å²) in [6.45, 7) is 3.74. The van der Waals surface area contributed by atoms with Gasteiger partial charge in [0.05, 0.1) is 15.9 Å². The summed E-state index contributed by atoms with van der Waals surface area (Å²) in [5.41, 5.74) is 3.49. The summed E-state index contributed by atoms with van der Waals surface area (Å²) >= 11 is 9.43. The molecule has 1 heterocycles. The topological polar surface area (TPSA) is 29.9 Å². The van der Waals surface area contributed by atoms with E-state index in [0.29, 0.717) is 0 Å². The Kier molecular flexibility index (Phi) is 5.02. The Morgan fingerprint density at radius 2 is 2.00 bits per heavy atom. The Morgan fingerprint density at radius 1 is 1.32 bits per heavy atom. The smallest absolute Gasteiger partial charge is 0.0739 e. The number of aromatic nitrogens is 2. The third-order valence-electron chi connectivity index (χ3n) is 3.06. The molecule has 0 aliphatic rings. The molecule has 0 radical (unpaired) electrons. The third kappa shape index (κ3) is 3.81. The van der Waals surface area contributed by atoms with Gasteiger partial charge in [-0.05, 0) is 53.5 Å². The van der Waals surface area contributed by atoms with Crippen LogP contribution in [0.25, 0.3) is 0 Å². The normalized spacial score (nSPS) is 10.9. The van der Waals surface area contributed by atoms with E-state index in [0.717, 1.165) is 34.7 Å². The molecule has 0 atom stereocenters. The van der Waals surface area contributed by atoms with Crippen LogP contribution in [0.5, 0.6) is 0 Å². The van der Waals surface area contributed by atoms with Crippen molar-refractivity contribution in [1.82, 2.24) is 15.1 Å². The second-order valence-electron chi connectivity index (χ2n) is 4.52. The molecule has 0 aliphatic heterocycles. The zero-order valence-electron chi connectivity index (χ0n) is 11.1. The Balaban J connectivity index is 1.82. The van der Waals surface area contributed by atoms with Crippen LogP contribution in [0.15, 0.2) is 28.7 Å². The van der Waals surface area contributed by atoms with Crippen molar-refractivity contribution < 1.29 is 0 Å². The maximum absolute atomic E-state index is 5.86. The van der Waals surface area contributed by atoms with Gasteiger partial charge in [0.25, 0.3) is 0 Å². The molecule has 3 nitrogen and oxygen atoms in total. The molecule has 2 aromatic rings. The van der Waals surface area contributed by atoms with E-state index in [1.54, 1.807) is 0 Å². The minimum atomic E-state index is 0.783. The van der Waals surface area contributed by atoms with Gasteiger partial charge in [-0.3, -0.25) is 4.68 Å². The van der Waals surface area contributed by atoms with Crippen LogP contribution in [0.2, 0.25) is 5.02 Å². The molecule has 102 valence electrons. The molecule has 0 saturated heterocycles. The van der Waals surface area contributed by atoms with E-state index >= 15 is 0 Å². The molecule has 1 aromatic heterocycles. The van der Waals surface area contributed by atoms with Crippen molar-refractivity contribution in [3.63, 3.8) is 0 Å². The Labute approximate surface area is 127 Å². The number of nitrogens with zero attached hydrogens (tertiary/aromatic N) is 2. The summed E-state index contributed by atoms with van der Waals surface area (Å²) in [6, 6.07) is 7.98. The molecule has 0 saturated carbocycles. The summed E-state index contributed by atoms with van der Waals surface area (Å²) in [6.07, 6.45) is 0.992. The summed E-state index contributed by atoms with van der Waals surface area (Å²) < 4.78 is 3.00. The van der Waals surface area contributed by atoms with Crippen LogP contribution >= 0.6 is 27.5 Å². The lowest BCUT2D eigenvalue weighted by Crippen LogP contribution is -2.18. The standard InChI is InChI=1S/C14H17BrClN3/c1-10-14(15)13(19(2)18-10)9-17-8-7-11-3-5-12(16)6-4-11/h3-6,17H,7-9H2,1-2H3. The van der Waals surface area contributed by atoms with Crippen LogP contribution in [0.1, 0.15) is 17.0 Å². The highest BCUT2D eigenvalue weighted by Crippen LogP contribution is 2.19. The van der Waals surface area contributed by atoms with E-state index in [-0.39, 0.29) is 0 Å². The van der Waals surface area contributed by atoms with Crippen LogP contribution in [0, 0.1) is 6.92 Å². The summed E-state index contributed by atoms with van der Waals surface area (Å²) in [4.78, 5) is 0. The fourth-order valence-corrected chi connectivity index (χ4v) is 2.56. The second kappa shape index (κ2) is 6.55. The fraction of sp³-hybridized carbons (Fsp3) is 0.357. The number of rotatable bonds is 5. The minimum Gasteiger partial charge on any atom is -0.311 e. The SMILES string of the molecule is Cc1nn(C)c(CNCCc2ccc(Cl)cc2)c1Br. The van der Waals surface area contributed by atoms with Crippen LogP contribution in [-0.2, 0) is 20.0 Å². The van der Waals surface area contributed by atoms with Gasteiger partial charge in [0.1, 0.15) is 0 Å². The molecule has 0 amide bonds. The van der Waals surface area contributed by atoms with E-state index in [1.165, 1.54) is 11.3 Å². The van der Waals surface area contributed by atoms with Gasteiger partial charge in [0.2, 0.25) is 0 Å². The highest BCUT2D eigenvalue weighted by molar-refractivity contribution is 9.10. The van der Waals surface area contributed by atoms with Crippen LogP contribution in [-0.4, -0.2) is 16.3 Å². The van der Waals surface area contributed by atoms with Crippen molar-refractivity contribution in [3.8, 4) is 0 Å². The fourth-order valence-electron chi connectivity index (χ4n) is 1.96. The van der Waals surface area contributed by atoms with Crippen molar-refractivity contribution in [2.75, 3.05) is 6.54 Å². The number of hydrogen-bond acceptors (Lipinski definition) is 2. The second-order valence-corrected chi connectivity index (χ2v) is 5.75. The molecule has 1 aromatic carbocycles. The monoisotopic (exact) mass is 341 g/mol. The van der Waals surface area contributed by atoms with Crippen molar-refractivity contribution in [1.29, 1.82) is 0 Å². The van der Waals surface area contributed by atoms with Crippen LogP contribution < -0.4 is 5.32 Å².